The first-order valence-electron chi connectivity index (χ1n) is 7.17. The molecule has 1 aromatic heterocycles. The van der Waals surface area contributed by atoms with Gasteiger partial charge in [-0.3, -0.25) is 4.57 Å². The van der Waals surface area contributed by atoms with E-state index in [2.05, 4.69) is 52.2 Å². The summed E-state index contributed by atoms with van der Waals surface area (Å²) in [6.07, 6.45) is 4.42. The van der Waals surface area contributed by atoms with E-state index in [0.717, 1.165) is 36.8 Å². The maximum absolute atomic E-state index is 4.56. The minimum absolute atomic E-state index is 0.929. The minimum Gasteiger partial charge on any atom is -0.355 e. The van der Waals surface area contributed by atoms with Crippen LogP contribution < -0.4 is 5.32 Å². The van der Waals surface area contributed by atoms with Crippen LogP contribution in [0.15, 0.2) is 36.5 Å². The molecule has 0 spiro atoms. The molecule has 108 valence electrons. The molecule has 2 aromatic rings. The molecule has 0 saturated heterocycles. The zero-order chi connectivity index (χ0) is 14.4. The normalized spacial score (nSPS) is 11.0. The molecule has 1 aromatic carbocycles. The summed E-state index contributed by atoms with van der Waals surface area (Å²) in [5, 5.41) is 3.44. The lowest BCUT2D eigenvalue weighted by Gasteiger charge is -2.11. The van der Waals surface area contributed by atoms with Crippen molar-refractivity contribution in [3.05, 3.63) is 42.2 Å². The second-order valence-electron chi connectivity index (χ2n) is 5.35. The predicted molar refractivity (Wildman–Crippen MR) is 84.6 cm³/mol. The molecule has 0 radical (unpaired) electrons. The summed E-state index contributed by atoms with van der Waals surface area (Å²) in [6, 6.07) is 10.3. The largest absolute Gasteiger partial charge is 0.355 e. The predicted octanol–water partition coefficient (Wildman–Crippen LogP) is 2.93. The molecule has 20 heavy (non-hydrogen) atoms. The molecule has 4 heteroatoms. The van der Waals surface area contributed by atoms with Gasteiger partial charge in [0.15, 0.2) is 0 Å². The van der Waals surface area contributed by atoms with Crippen molar-refractivity contribution in [3.63, 3.8) is 0 Å². The fourth-order valence-electron chi connectivity index (χ4n) is 2.16. The monoisotopic (exact) mass is 272 g/mol. The number of benzene rings is 1. The Kier molecular flexibility index (Phi) is 5.18. The SMILES string of the molecule is Cc1cn(-c2ccccc2)c(NCCCCN(C)C)n1. The van der Waals surface area contributed by atoms with E-state index in [1.54, 1.807) is 0 Å². The summed E-state index contributed by atoms with van der Waals surface area (Å²) in [7, 11) is 4.22. The van der Waals surface area contributed by atoms with E-state index in [4.69, 9.17) is 0 Å². The van der Waals surface area contributed by atoms with Crippen molar-refractivity contribution in [2.75, 3.05) is 32.5 Å². The average molecular weight is 272 g/mol. The third-order valence-corrected chi connectivity index (χ3v) is 3.18. The lowest BCUT2D eigenvalue weighted by molar-refractivity contribution is 0.396. The van der Waals surface area contributed by atoms with Gasteiger partial charge in [0, 0.05) is 18.4 Å². The summed E-state index contributed by atoms with van der Waals surface area (Å²) in [5.74, 6) is 0.929. The van der Waals surface area contributed by atoms with E-state index in [1.165, 1.54) is 6.42 Å². The minimum atomic E-state index is 0.929. The van der Waals surface area contributed by atoms with Crippen LogP contribution in [-0.2, 0) is 0 Å². The number of hydrogen-bond acceptors (Lipinski definition) is 3. The maximum atomic E-state index is 4.56. The van der Waals surface area contributed by atoms with Crippen molar-refractivity contribution in [2.24, 2.45) is 0 Å². The standard InChI is InChI=1S/C16H24N4/c1-14-13-20(15-9-5-4-6-10-15)16(18-14)17-11-7-8-12-19(2)3/h4-6,9-10,13H,7-8,11-12H2,1-3H3,(H,17,18). The summed E-state index contributed by atoms with van der Waals surface area (Å²) in [6.45, 7) is 4.11. The van der Waals surface area contributed by atoms with Crippen molar-refractivity contribution in [2.45, 2.75) is 19.8 Å². The maximum Gasteiger partial charge on any atom is 0.207 e. The number of anilines is 1. The first-order chi connectivity index (χ1) is 9.66. The Bertz CT molecular complexity index is 517. The third kappa shape index (κ3) is 4.10. The van der Waals surface area contributed by atoms with E-state index in [1.807, 2.05) is 25.1 Å². The van der Waals surface area contributed by atoms with Crippen LogP contribution >= 0.6 is 0 Å². The van der Waals surface area contributed by atoms with Crippen molar-refractivity contribution >= 4 is 5.95 Å². The van der Waals surface area contributed by atoms with Gasteiger partial charge in [-0.25, -0.2) is 4.98 Å². The summed E-state index contributed by atoms with van der Waals surface area (Å²) >= 11 is 0. The Morgan fingerprint density at radius 3 is 2.60 bits per heavy atom. The van der Waals surface area contributed by atoms with Gasteiger partial charge >= 0.3 is 0 Å². The van der Waals surface area contributed by atoms with Gasteiger partial charge in [-0.1, -0.05) is 18.2 Å². The van der Waals surface area contributed by atoms with Crippen LogP contribution in [0.1, 0.15) is 18.5 Å². The van der Waals surface area contributed by atoms with Crippen LogP contribution in [0.25, 0.3) is 5.69 Å². The molecule has 0 atom stereocenters. The molecule has 0 saturated carbocycles. The molecule has 2 rings (SSSR count). The molecule has 0 bridgehead atoms. The first-order valence-corrected chi connectivity index (χ1v) is 7.17. The number of para-hydroxylation sites is 1. The summed E-state index contributed by atoms with van der Waals surface area (Å²) in [5.41, 5.74) is 2.17. The molecule has 0 aliphatic heterocycles. The molecule has 4 nitrogen and oxygen atoms in total. The Hall–Kier alpha value is -1.81. The molecule has 1 N–H and O–H groups in total. The second-order valence-corrected chi connectivity index (χ2v) is 5.35. The van der Waals surface area contributed by atoms with Crippen LogP contribution in [0, 0.1) is 6.92 Å². The van der Waals surface area contributed by atoms with Gasteiger partial charge in [-0.2, -0.15) is 0 Å². The lowest BCUT2D eigenvalue weighted by atomic mass is 10.3. The average Bonchev–Trinajstić information content (AvgIpc) is 2.80. The van der Waals surface area contributed by atoms with Gasteiger partial charge in [0.1, 0.15) is 0 Å². The van der Waals surface area contributed by atoms with E-state index in [-0.39, 0.29) is 0 Å². The molecule has 0 amide bonds. The molecule has 0 fully saturated rings. The van der Waals surface area contributed by atoms with Crippen LogP contribution in [0.5, 0.6) is 0 Å². The van der Waals surface area contributed by atoms with Crippen molar-refractivity contribution in [1.82, 2.24) is 14.5 Å². The second kappa shape index (κ2) is 7.10. The van der Waals surface area contributed by atoms with Crippen LogP contribution in [0.4, 0.5) is 5.95 Å². The number of imidazole rings is 1. The van der Waals surface area contributed by atoms with Gasteiger partial charge in [-0.15, -0.1) is 0 Å². The Balaban J connectivity index is 1.95. The molecule has 0 aliphatic rings. The number of aromatic nitrogens is 2. The van der Waals surface area contributed by atoms with Crippen molar-refractivity contribution in [1.29, 1.82) is 0 Å². The molecular formula is C16H24N4. The highest BCUT2D eigenvalue weighted by molar-refractivity contribution is 5.42. The smallest absolute Gasteiger partial charge is 0.207 e. The van der Waals surface area contributed by atoms with E-state index in [9.17, 15) is 0 Å². The van der Waals surface area contributed by atoms with Gasteiger partial charge in [0.05, 0.1) is 5.69 Å². The highest BCUT2D eigenvalue weighted by Crippen LogP contribution is 2.16. The summed E-state index contributed by atoms with van der Waals surface area (Å²) in [4.78, 5) is 6.78. The highest BCUT2D eigenvalue weighted by atomic mass is 15.2. The zero-order valence-corrected chi connectivity index (χ0v) is 12.6. The van der Waals surface area contributed by atoms with Crippen molar-refractivity contribution in [3.8, 4) is 5.69 Å². The van der Waals surface area contributed by atoms with Gasteiger partial charge in [0.2, 0.25) is 5.95 Å². The van der Waals surface area contributed by atoms with E-state index < -0.39 is 0 Å². The molecular weight excluding hydrogens is 248 g/mol. The number of rotatable bonds is 7. The fourth-order valence-corrected chi connectivity index (χ4v) is 2.16. The number of hydrogen-bond donors (Lipinski definition) is 1. The van der Waals surface area contributed by atoms with Crippen LogP contribution in [0.3, 0.4) is 0 Å². The van der Waals surface area contributed by atoms with Crippen molar-refractivity contribution < 1.29 is 0 Å². The van der Waals surface area contributed by atoms with Gasteiger partial charge in [-0.05, 0) is 52.5 Å². The number of aryl methyl sites for hydroxylation is 1. The Labute approximate surface area is 121 Å². The van der Waals surface area contributed by atoms with Crippen LogP contribution in [-0.4, -0.2) is 41.6 Å². The number of unbranched alkanes of at least 4 members (excludes halogenated alkanes) is 1. The quantitative estimate of drug-likeness (QED) is 0.787. The molecule has 0 unspecified atom stereocenters. The number of nitrogens with zero attached hydrogens (tertiary/aromatic N) is 3. The first kappa shape index (κ1) is 14.6. The van der Waals surface area contributed by atoms with Gasteiger partial charge in [0.25, 0.3) is 0 Å². The topological polar surface area (TPSA) is 33.1 Å². The highest BCUT2D eigenvalue weighted by Gasteiger charge is 2.06. The lowest BCUT2D eigenvalue weighted by Crippen LogP contribution is -2.14. The Morgan fingerprint density at radius 2 is 1.90 bits per heavy atom. The Morgan fingerprint density at radius 1 is 1.15 bits per heavy atom. The third-order valence-electron chi connectivity index (χ3n) is 3.18. The van der Waals surface area contributed by atoms with Crippen LogP contribution in [0.2, 0.25) is 0 Å². The molecule has 0 aliphatic carbocycles. The number of nitrogens with one attached hydrogen (secondary N) is 1. The summed E-state index contributed by atoms with van der Waals surface area (Å²) < 4.78 is 2.11. The molecule has 1 heterocycles. The van der Waals surface area contributed by atoms with Gasteiger partial charge < -0.3 is 10.2 Å². The van der Waals surface area contributed by atoms with E-state index >= 15 is 0 Å². The zero-order valence-electron chi connectivity index (χ0n) is 12.6. The van der Waals surface area contributed by atoms with E-state index in [0.29, 0.717) is 0 Å². The fraction of sp³-hybridized carbons (Fsp3) is 0.438.